The molecule has 0 radical (unpaired) electrons. The van der Waals surface area contributed by atoms with Crippen LogP contribution in [0.5, 0.6) is 0 Å². The molecule has 0 unspecified atom stereocenters. The molecule has 8 nitrogen and oxygen atoms in total. The second-order valence-electron chi connectivity index (χ2n) is 8.95. The number of rotatable bonds is 6. The van der Waals surface area contributed by atoms with Gasteiger partial charge in [-0.15, -0.1) is 0 Å². The lowest BCUT2D eigenvalue weighted by Crippen LogP contribution is -2.35. The fourth-order valence-electron chi connectivity index (χ4n) is 4.57. The van der Waals surface area contributed by atoms with E-state index in [-0.39, 0.29) is 17.0 Å². The molecule has 0 spiro atoms. The lowest BCUT2D eigenvalue weighted by molar-refractivity contribution is -0.141. The molecule has 0 atom stereocenters. The number of anilines is 1. The Kier molecular flexibility index (Phi) is 7.18. The average molecular weight is 550 g/mol. The number of thiazole rings is 1. The van der Waals surface area contributed by atoms with Crippen LogP contribution >= 0.6 is 11.3 Å². The molecule has 1 aliphatic rings. The lowest BCUT2D eigenvalue weighted by Gasteiger charge is -2.30. The van der Waals surface area contributed by atoms with Gasteiger partial charge in [0.1, 0.15) is 6.54 Å². The van der Waals surface area contributed by atoms with Crippen molar-refractivity contribution >= 4 is 49.1 Å². The predicted octanol–water partition coefficient (Wildman–Crippen LogP) is 4.32. The van der Waals surface area contributed by atoms with Gasteiger partial charge in [0.05, 0.1) is 27.9 Å². The zero-order chi connectivity index (χ0) is 26.9. The largest absolute Gasteiger partial charge is 0.468 e. The van der Waals surface area contributed by atoms with E-state index in [1.54, 1.807) is 4.57 Å². The molecule has 10 heteroatoms. The zero-order valence-corrected chi connectivity index (χ0v) is 22.7. The number of benzene rings is 3. The van der Waals surface area contributed by atoms with Gasteiger partial charge in [-0.2, -0.15) is 4.99 Å². The number of hydrogen-bond acceptors (Lipinski definition) is 6. The Morgan fingerprint density at radius 2 is 1.82 bits per heavy atom. The van der Waals surface area contributed by atoms with E-state index in [0.717, 1.165) is 40.6 Å². The first-order valence-electron chi connectivity index (χ1n) is 12.3. The second-order valence-corrected chi connectivity index (χ2v) is 11.8. The van der Waals surface area contributed by atoms with Crippen molar-refractivity contribution in [3.8, 4) is 0 Å². The van der Waals surface area contributed by atoms with Crippen LogP contribution in [0.1, 0.15) is 34.8 Å². The number of fused-ring (bicyclic) bond motifs is 2. The van der Waals surface area contributed by atoms with Gasteiger partial charge in [-0.3, -0.25) is 13.9 Å². The van der Waals surface area contributed by atoms with Gasteiger partial charge in [0, 0.05) is 12.1 Å². The van der Waals surface area contributed by atoms with Crippen molar-refractivity contribution in [2.75, 3.05) is 18.0 Å². The average Bonchev–Trinajstić information content (AvgIpc) is 3.27. The highest BCUT2D eigenvalue weighted by Gasteiger charge is 2.29. The van der Waals surface area contributed by atoms with Crippen molar-refractivity contribution in [1.29, 1.82) is 0 Å². The fraction of sp³-hybridized carbons (Fsp3) is 0.250. The van der Waals surface area contributed by atoms with Gasteiger partial charge in [0.15, 0.2) is 4.80 Å². The van der Waals surface area contributed by atoms with Gasteiger partial charge in [-0.25, -0.2) is 8.42 Å². The molecule has 2 heterocycles. The summed E-state index contributed by atoms with van der Waals surface area (Å²) < 4.78 is 35.7. The molecule has 0 fully saturated rings. The molecule has 1 aliphatic heterocycles. The minimum atomic E-state index is -3.79. The Balaban J connectivity index is 1.47. The molecule has 0 aliphatic carbocycles. The third-order valence-corrected chi connectivity index (χ3v) is 9.49. The summed E-state index contributed by atoms with van der Waals surface area (Å²) >= 11 is 1.31. The Morgan fingerprint density at radius 1 is 1.05 bits per heavy atom. The fourth-order valence-corrected chi connectivity index (χ4v) is 7.20. The first kappa shape index (κ1) is 25.9. The summed E-state index contributed by atoms with van der Waals surface area (Å²) in [7, 11) is -2.47. The molecular weight excluding hydrogens is 522 g/mol. The molecule has 4 aromatic rings. The van der Waals surface area contributed by atoms with E-state index in [9.17, 15) is 18.0 Å². The summed E-state index contributed by atoms with van der Waals surface area (Å²) in [4.78, 5) is 29.9. The monoisotopic (exact) mass is 549 g/mol. The number of methoxy groups -OCH3 is 1. The van der Waals surface area contributed by atoms with Gasteiger partial charge in [-0.1, -0.05) is 42.5 Å². The maximum atomic E-state index is 13.4. The second kappa shape index (κ2) is 10.5. The van der Waals surface area contributed by atoms with Gasteiger partial charge in [-0.05, 0) is 72.9 Å². The van der Waals surface area contributed by atoms with E-state index in [4.69, 9.17) is 4.74 Å². The van der Waals surface area contributed by atoms with Crippen molar-refractivity contribution in [2.24, 2.45) is 4.99 Å². The molecule has 196 valence electrons. The van der Waals surface area contributed by atoms with E-state index in [2.05, 4.69) is 11.9 Å². The van der Waals surface area contributed by atoms with Crippen LogP contribution in [0.3, 0.4) is 0 Å². The number of aryl methyl sites for hydroxylation is 2. The lowest BCUT2D eigenvalue weighted by atomic mass is 10.0. The van der Waals surface area contributed by atoms with Crippen molar-refractivity contribution in [1.82, 2.24) is 4.57 Å². The number of hydrogen-bond donors (Lipinski definition) is 0. The number of carbonyl (C=O) groups is 2. The first-order chi connectivity index (χ1) is 18.3. The van der Waals surface area contributed by atoms with Crippen LogP contribution in [0.2, 0.25) is 0 Å². The predicted molar refractivity (Wildman–Crippen MR) is 147 cm³/mol. The Bertz CT molecular complexity index is 1700. The van der Waals surface area contributed by atoms with Crippen molar-refractivity contribution < 1.29 is 22.7 Å². The molecule has 0 N–H and O–H groups in total. The van der Waals surface area contributed by atoms with Crippen LogP contribution in [-0.2, 0) is 38.9 Å². The number of aromatic nitrogens is 1. The normalized spacial score (nSPS) is 13.9. The van der Waals surface area contributed by atoms with Crippen LogP contribution in [0, 0.1) is 0 Å². The number of esters is 1. The van der Waals surface area contributed by atoms with E-state index in [1.165, 1.54) is 47.0 Å². The SMILES string of the molecule is CCc1ccc2c(c1)sc(=NC(=O)c1ccc(S(=O)(=O)N3CCCc4ccccc43)cc1)n2CC(=O)OC. The number of ether oxygens (including phenoxy) is 1. The van der Waals surface area contributed by atoms with Gasteiger partial charge >= 0.3 is 5.97 Å². The summed E-state index contributed by atoms with van der Waals surface area (Å²) in [5, 5.41) is 0. The third-order valence-electron chi connectivity index (χ3n) is 6.62. The van der Waals surface area contributed by atoms with E-state index in [1.807, 2.05) is 42.5 Å². The maximum Gasteiger partial charge on any atom is 0.325 e. The summed E-state index contributed by atoms with van der Waals surface area (Å²) in [5.41, 5.74) is 3.87. The Labute approximate surface area is 224 Å². The Hall–Kier alpha value is -3.76. The molecule has 5 rings (SSSR count). The highest BCUT2D eigenvalue weighted by atomic mass is 32.2. The maximum absolute atomic E-state index is 13.4. The zero-order valence-electron chi connectivity index (χ0n) is 21.1. The van der Waals surface area contributed by atoms with Gasteiger partial charge in [0.25, 0.3) is 15.9 Å². The first-order valence-corrected chi connectivity index (χ1v) is 14.6. The molecule has 0 saturated carbocycles. The minimum absolute atomic E-state index is 0.0808. The van der Waals surface area contributed by atoms with Crippen molar-refractivity contribution in [3.05, 3.63) is 88.2 Å². The number of nitrogens with zero attached hydrogens (tertiary/aromatic N) is 3. The molecule has 0 saturated heterocycles. The number of amides is 1. The minimum Gasteiger partial charge on any atom is -0.468 e. The van der Waals surface area contributed by atoms with E-state index in [0.29, 0.717) is 17.0 Å². The van der Waals surface area contributed by atoms with Crippen LogP contribution in [0.25, 0.3) is 10.2 Å². The number of sulfonamides is 1. The molecule has 1 aromatic heterocycles. The molecular formula is C28H27N3O5S2. The molecule has 3 aromatic carbocycles. The summed E-state index contributed by atoms with van der Waals surface area (Å²) in [6.07, 6.45) is 2.44. The topological polar surface area (TPSA) is 98.0 Å². The van der Waals surface area contributed by atoms with Crippen molar-refractivity contribution in [3.63, 3.8) is 0 Å². The van der Waals surface area contributed by atoms with Gasteiger partial charge in [0.2, 0.25) is 0 Å². The smallest absolute Gasteiger partial charge is 0.325 e. The quantitative estimate of drug-likeness (QED) is 0.334. The number of carbonyl (C=O) groups excluding carboxylic acids is 2. The highest BCUT2D eigenvalue weighted by Crippen LogP contribution is 2.31. The van der Waals surface area contributed by atoms with E-state index < -0.39 is 21.9 Å². The van der Waals surface area contributed by atoms with Crippen LogP contribution in [-0.4, -0.2) is 38.5 Å². The molecule has 38 heavy (non-hydrogen) atoms. The molecule has 0 bridgehead atoms. The van der Waals surface area contributed by atoms with Crippen molar-refractivity contribution in [2.45, 2.75) is 37.6 Å². The van der Waals surface area contributed by atoms with E-state index >= 15 is 0 Å². The Morgan fingerprint density at radius 3 is 2.55 bits per heavy atom. The standard InChI is InChI=1S/C28H27N3O5S2/c1-3-19-10-15-24-25(17-19)37-28(30(24)18-26(32)36-2)29-27(33)21-11-13-22(14-12-21)38(34,35)31-16-6-8-20-7-4-5-9-23(20)31/h4-5,7,9-15,17H,3,6,8,16,18H2,1-2H3. The van der Waals surface area contributed by atoms with Crippen LogP contribution in [0.15, 0.2) is 76.6 Å². The highest BCUT2D eigenvalue weighted by molar-refractivity contribution is 7.92. The number of para-hydroxylation sites is 1. The van der Waals surface area contributed by atoms with Gasteiger partial charge < -0.3 is 9.30 Å². The third kappa shape index (κ3) is 4.89. The van der Waals surface area contributed by atoms with Crippen LogP contribution < -0.4 is 9.11 Å². The summed E-state index contributed by atoms with van der Waals surface area (Å²) in [6.45, 7) is 2.38. The summed E-state index contributed by atoms with van der Waals surface area (Å²) in [6, 6.07) is 19.3. The summed E-state index contributed by atoms with van der Waals surface area (Å²) in [5.74, 6) is -0.981. The van der Waals surface area contributed by atoms with Crippen LogP contribution in [0.4, 0.5) is 5.69 Å². The molecule has 1 amide bonds.